The topological polar surface area (TPSA) is 41.4 Å². The van der Waals surface area contributed by atoms with E-state index in [1.165, 1.54) is 5.56 Å². The Labute approximate surface area is 137 Å². The van der Waals surface area contributed by atoms with Gasteiger partial charge in [0, 0.05) is 45.0 Å². The van der Waals surface area contributed by atoms with Crippen molar-refractivity contribution in [2.24, 2.45) is 0 Å². The van der Waals surface area contributed by atoms with E-state index in [0.717, 1.165) is 32.6 Å². The molecule has 0 bridgehead atoms. The maximum Gasteiger partial charge on any atom is 0.222 e. The van der Waals surface area contributed by atoms with Gasteiger partial charge in [-0.05, 0) is 19.0 Å². The van der Waals surface area contributed by atoms with Crippen molar-refractivity contribution in [2.75, 3.05) is 26.7 Å². The number of carbonyl (C=O) groups excluding carboxylic acids is 1. The minimum absolute atomic E-state index is 0.263. The van der Waals surface area contributed by atoms with Crippen LogP contribution in [0.5, 0.6) is 0 Å². The Morgan fingerprint density at radius 1 is 1.26 bits per heavy atom. The number of imidazole rings is 1. The van der Waals surface area contributed by atoms with Gasteiger partial charge in [-0.3, -0.25) is 9.69 Å². The maximum absolute atomic E-state index is 12.5. The highest BCUT2D eigenvalue weighted by molar-refractivity contribution is 5.76. The normalized spacial score (nSPS) is 19.0. The summed E-state index contributed by atoms with van der Waals surface area (Å²) in [6.45, 7) is 3.38. The van der Waals surface area contributed by atoms with E-state index in [1.807, 2.05) is 21.7 Å². The quantitative estimate of drug-likeness (QED) is 0.850. The molecule has 0 aliphatic carbocycles. The number of hydrogen-bond donors (Lipinski definition) is 0. The minimum Gasteiger partial charge on any atom is -0.339 e. The molecule has 2 aromatic rings. The van der Waals surface area contributed by atoms with Crippen molar-refractivity contribution in [3.8, 4) is 0 Å². The number of aromatic nitrogens is 2. The van der Waals surface area contributed by atoms with Crippen molar-refractivity contribution in [2.45, 2.75) is 25.4 Å². The first-order chi connectivity index (χ1) is 11.2. The summed E-state index contributed by atoms with van der Waals surface area (Å²) in [7, 11) is 2.14. The lowest BCUT2D eigenvalue weighted by atomic mass is 10.0. The van der Waals surface area contributed by atoms with E-state index in [0.29, 0.717) is 12.5 Å². The van der Waals surface area contributed by atoms with E-state index in [-0.39, 0.29) is 5.91 Å². The molecular formula is C18H24N4O. The number of rotatable bonds is 5. The summed E-state index contributed by atoms with van der Waals surface area (Å²) >= 11 is 0. The molecule has 1 aliphatic rings. The lowest BCUT2D eigenvalue weighted by molar-refractivity contribution is -0.134. The fraction of sp³-hybridized carbons (Fsp3) is 0.444. The van der Waals surface area contributed by atoms with Crippen LogP contribution in [-0.2, 0) is 11.3 Å². The van der Waals surface area contributed by atoms with Crippen LogP contribution in [0, 0.1) is 0 Å². The highest BCUT2D eigenvalue weighted by atomic mass is 16.2. The average Bonchev–Trinajstić information content (AvgIpc) is 3.09. The zero-order valence-corrected chi connectivity index (χ0v) is 13.6. The molecule has 23 heavy (non-hydrogen) atoms. The molecule has 1 amide bonds. The Morgan fingerprint density at radius 3 is 2.83 bits per heavy atom. The van der Waals surface area contributed by atoms with E-state index in [4.69, 9.17) is 0 Å². The van der Waals surface area contributed by atoms with E-state index in [1.54, 1.807) is 12.5 Å². The zero-order chi connectivity index (χ0) is 16.1. The third-order valence-electron chi connectivity index (χ3n) is 4.55. The SMILES string of the molecule is CN1CCN(C(=O)CCCn2ccnc2)C[C@H]1c1ccccc1. The molecule has 0 radical (unpaired) electrons. The van der Waals surface area contributed by atoms with E-state index in [9.17, 15) is 4.79 Å². The van der Waals surface area contributed by atoms with Crippen LogP contribution in [0.3, 0.4) is 0 Å². The number of amides is 1. The van der Waals surface area contributed by atoms with Crippen LogP contribution < -0.4 is 0 Å². The van der Waals surface area contributed by atoms with Gasteiger partial charge in [0.2, 0.25) is 5.91 Å². The van der Waals surface area contributed by atoms with Gasteiger partial charge in [0.05, 0.1) is 12.4 Å². The molecule has 3 rings (SSSR count). The molecule has 1 fully saturated rings. The summed E-state index contributed by atoms with van der Waals surface area (Å²) < 4.78 is 2.02. The molecule has 1 aromatic carbocycles. The van der Waals surface area contributed by atoms with E-state index >= 15 is 0 Å². The first kappa shape index (κ1) is 15.7. The van der Waals surface area contributed by atoms with Gasteiger partial charge in [-0.2, -0.15) is 0 Å². The highest BCUT2D eigenvalue weighted by Gasteiger charge is 2.27. The summed E-state index contributed by atoms with van der Waals surface area (Å²) in [4.78, 5) is 20.9. The van der Waals surface area contributed by atoms with Crippen molar-refractivity contribution >= 4 is 5.91 Å². The van der Waals surface area contributed by atoms with Gasteiger partial charge in [-0.1, -0.05) is 30.3 Å². The Kier molecular flexibility index (Phi) is 5.08. The number of nitrogens with zero attached hydrogens (tertiary/aromatic N) is 4. The largest absolute Gasteiger partial charge is 0.339 e. The van der Waals surface area contributed by atoms with Gasteiger partial charge in [0.25, 0.3) is 0 Å². The molecular weight excluding hydrogens is 288 g/mol. The monoisotopic (exact) mass is 312 g/mol. The second kappa shape index (κ2) is 7.42. The Balaban J connectivity index is 1.54. The van der Waals surface area contributed by atoms with Crippen LogP contribution in [-0.4, -0.2) is 51.9 Å². The second-order valence-electron chi connectivity index (χ2n) is 6.15. The zero-order valence-electron chi connectivity index (χ0n) is 13.6. The van der Waals surface area contributed by atoms with Crippen LogP contribution in [0.2, 0.25) is 0 Å². The smallest absolute Gasteiger partial charge is 0.222 e. The van der Waals surface area contributed by atoms with Crippen molar-refractivity contribution in [3.63, 3.8) is 0 Å². The third kappa shape index (κ3) is 3.99. The van der Waals surface area contributed by atoms with Crippen molar-refractivity contribution in [1.29, 1.82) is 0 Å². The van der Waals surface area contributed by atoms with Gasteiger partial charge in [0.15, 0.2) is 0 Å². The molecule has 2 heterocycles. The van der Waals surface area contributed by atoms with Crippen LogP contribution in [0.25, 0.3) is 0 Å². The van der Waals surface area contributed by atoms with Gasteiger partial charge in [0.1, 0.15) is 0 Å². The Bertz CT molecular complexity index is 611. The number of likely N-dealkylation sites (N-methyl/N-ethyl adjacent to an activating group) is 1. The fourth-order valence-electron chi connectivity index (χ4n) is 3.13. The van der Waals surface area contributed by atoms with E-state index < -0.39 is 0 Å². The Morgan fingerprint density at radius 2 is 2.09 bits per heavy atom. The van der Waals surface area contributed by atoms with Gasteiger partial charge in [-0.25, -0.2) is 4.98 Å². The van der Waals surface area contributed by atoms with Gasteiger partial charge < -0.3 is 9.47 Å². The molecule has 0 saturated carbocycles. The summed E-state index contributed by atoms with van der Waals surface area (Å²) in [5.74, 6) is 0.263. The lowest BCUT2D eigenvalue weighted by Crippen LogP contribution is -2.49. The predicted molar refractivity (Wildman–Crippen MR) is 89.9 cm³/mol. The van der Waals surface area contributed by atoms with Crippen molar-refractivity contribution in [3.05, 3.63) is 54.6 Å². The first-order valence-electron chi connectivity index (χ1n) is 8.23. The van der Waals surface area contributed by atoms with Crippen LogP contribution >= 0.6 is 0 Å². The molecule has 0 unspecified atom stereocenters. The standard InChI is InChI=1S/C18H24N4O/c1-20-12-13-22(14-17(20)16-6-3-2-4-7-16)18(23)8-5-10-21-11-9-19-15-21/h2-4,6-7,9,11,15,17H,5,8,10,12-14H2,1H3/t17-/m0/s1. The number of aryl methyl sites for hydroxylation is 1. The van der Waals surface area contributed by atoms with Crippen LogP contribution in [0.15, 0.2) is 49.1 Å². The highest BCUT2D eigenvalue weighted by Crippen LogP contribution is 2.24. The van der Waals surface area contributed by atoms with Crippen molar-refractivity contribution in [1.82, 2.24) is 19.4 Å². The first-order valence-corrected chi connectivity index (χ1v) is 8.23. The summed E-state index contributed by atoms with van der Waals surface area (Å²) in [5.41, 5.74) is 1.28. The minimum atomic E-state index is 0.263. The number of hydrogen-bond acceptors (Lipinski definition) is 3. The molecule has 5 heteroatoms. The van der Waals surface area contributed by atoms with Crippen LogP contribution in [0.1, 0.15) is 24.4 Å². The van der Waals surface area contributed by atoms with Crippen molar-refractivity contribution < 1.29 is 4.79 Å². The lowest BCUT2D eigenvalue weighted by Gasteiger charge is -2.39. The molecule has 122 valence electrons. The molecule has 0 spiro atoms. The summed E-state index contributed by atoms with van der Waals surface area (Å²) in [6, 6.07) is 10.8. The third-order valence-corrected chi connectivity index (χ3v) is 4.55. The number of benzene rings is 1. The Hall–Kier alpha value is -2.14. The molecule has 1 saturated heterocycles. The predicted octanol–water partition coefficient (Wildman–Crippen LogP) is 2.18. The molecule has 1 atom stereocenters. The maximum atomic E-state index is 12.5. The average molecular weight is 312 g/mol. The molecule has 1 aliphatic heterocycles. The molecule has 0 N–H and O–H groups in total. The van der Waals surface area contributed by atoms with Crippen LogP contribution in [0.4, 0.5) is 0 Å². The fourth-order valence-corrected chi connectivity index (χ4v) is 3.13. The number of carbonyl (C=O) groups is 1. The summed E-state index contributed by atoms with van der Waals surface area (Å²) in [5, 5.41) is 0. The van der Waals surface area contributed by atoms with Gasteiger partial charge in [-0.15, -0.1) is 0 Å². The second-order valence-corrected chi connectivity index (χ2v) is 6.15. The summed E-state index contributed by atoms with van der Waals surface area (Å²) in [6.07, 6.45) is 6.96. The molecule has 5 nitrogen and oxygen atoms in total. The van der Waals surface area contributed by atoms with E-state index in [2.05, 4.69) is 41.2 Å². The number of piperazine rings is 1. The van der Waals surface area contributed by atoms with Gasteiger partial charge >= 0.3 is 0 Å². The molecule has 1 aromatic heterocycles.